The summed E-state index contributed by atoms with van der Waals surface area (Å²) in [6.45, 7) is 5.48. The molecule has 0 saturated carbocycles. The van der Waals surface area contributed by atoms with Gasteiger partial charge in [0, 0.05) is 37.7 Å². The average Bonchev–Trinajstić information content (AvgIpc) is 3.15. The molecule has 0 aliphatic carbocycles. The summed E-state index contributed by atoms with van der Waals surface area (Å²) in [6, 6.07) is 0. The van der Waals surface area contributed by atoms with Gasteiger partial charge in [-0.15, -0.1) is 0 Å². The summed E-state index contributed by atoms with van der Waals surface area (Å²) in [5.74, 6) is 3.40. The number of hydrogen-bond acceptors (Lipinski definition) is 10. The molecule has 0 N–H and O–H groups in total. The van der Waals surface area contributed by atoms with E-state index in [1.165, 1.54) is 0 Å². The second-order valence-electron chi connectivity index (χ2n) is 6.42. The smallest absolute Gasteiger partial charge is 0.310 e. The van der Waals surface area contributed by atoms with Gasteiger partial charge in [0.05, 0.1) is 12.5 Å². The predicted molar refractivity (Wildman–Crippen MR) is 98.5 cm³/mol. The lowest BCUT2D eigenvalue weighted by Gasteiger charge is -2.35. The molecule has 2 aliphatic heterocycles. The first-order valence-electron chi connectivity index (χ1n) is 9.01. The average molecular weight is 378 g/mol. The SMILES string of the molecule is CCOC(=O)C1CCCN(c2nc3nonc3nc2N2CCSCC2)C1. The fourth-order valence-corrected chi connectivity index (χ4v) is 4.35. The highest BCUT2D eigenvalue weighted by atomic mass is 32.2. The van der Waals surface area contributed by atoms with E-state index in [1.807, 2.05) is 18.7 Å². The zero-order chi connectivity index (χ0) is 17.9. The maximum Gasteiger partial charge on any atom is 0.310 e. The second kappa shape index (κ2) is 7.65. The lowest BCUT2D eigenvalue weighted by molar-refractivity contribution is -0.148. The van der Waals surface area contributed by atoms with Gasteiger partial charge in [0.2, 0.25) is 11.3 Å². The number of ether oxygens (including phenoxy) is 1. The molecule has 2 aromatic rings. The van der Waals surface area contributed by atoms with Gasteiger partial charge < -0.3 is 14.5 Å². The van der Waals surface area contributed by atoms with E-state index < -0.39 is 0 Å². The number of carbonyl (C=O) groups is 1. The van der Waals surface area contributed by atoms with Crippen LogP contribution in [0.5, 0.6) is 0 Å². The van der Waals surface area contributed by atoms with E-state index in [2.05, 4.69) is 30.1 Å². The van der Waals surface area contributed by atoms with Crippen LogP contribution in [-0.4, -0.2) is 70.5 Å². The molecule has 2 aromatic heterocycles. The first-order valence-corrected chi connectivity index (χ1v) is 10.2. The van der Waals surface area contributed by atoms with Crippen LogP contribution in [0.2, 0.25) is 0 Å². The number of piperidine rings is 1. The molecule has 9 nitrogen and oxygen atoms in total. The van der Waals surface area contributed by atoms with Crippen molar-refractivity contribution in [3.63, 3.8) is 0 Å². The molecule has 0 radical (unpaired) electrons. The number of fused-ring (bicyclic) bond motifs is 1. The zero-order valence-corrected chi connectivity index (χ0v) is 15.6. The molecular formula is C16H22N6O3S. The van der Waals surface area contributed by atoms with Crippen LogP contribution < -0.4 is 9.80 Å². The van der Waals surface area contributed by atoms with E-state index in [1.54, 1.807) is 0 Å². The monoisotopic (exact) mass is 378 g/mol. The normalized spacial score (nSPS) is 21.2. The molecule has 2 saturated heterocycles. The first kappa shape index (κ1) is 17.3. The van der Waals surface area contributed by atoms with Crippen LogP contribution in [0.3, 0.4) is 0 Å². The number of nitrogens with zero attached hydrogens (tertiary/aromatic N) is 6. The highest BCUT2D eigenvalue weighted by Gasteiger charge is 2.31. The molecule has 0 spiro atoms. The maximum absolute atomic E-state index is 12.2. The van der Waals surface area contributed by atoms with Crippen molar-refractivity contribution in [2.24, 2.45) is 5.92 Å². The number of thioether (sulfide) groups is 1. The van der Waals surface area contributed by atoms with Crippen molar-refractivity contribution >= 4 is 40.7 Å². The molecule has 0 bridgehead atoms. The molecular weight excluding hydrogens is 356 g/mol. The van der Waals surface area contributed by atoms with Gasteiger partial charge in [0.15, 0.2) is 11.6 Å². The Morgan fingerprint density at radius 3 is 2.54 bits per heavy atom. The van der Waals surface area contributed by atoms with E-state index in [4.69, 9.17) is 9.37 Å². The van der Waals surface area contributed by atoms with Crippen LogP contribution in [0.4, 0.5) is 11.6 Å². The molecule has 2 fully saturated rings. The quantitative estimate of drug-likeness (QED) is 0.725. The van der Waals surface area contributed by atoms with E-state index in [-0.39, 0.29) is 11.9 Å². The van der Waals surface area contributed by atoms with E-state index in [0.29, 0.717) is 24.4 Å². The van der Waals surface area contributed by atoms with Crippen LogP contribution in [0.25, 0.3) is 11.3 Å². The molecule has 1 atom stereocenters. The van der Waals surface area contributed by atoms with Gasteiger partial charge in [-0.25, -0.2) is 14.6 Å². The molecule has 10 heteroatoms. The van der Waals surface area contributed by atoms with Gasteiger partial charge in [-0.2, -0.15) is 11.8 Å². The Bertz CT molecular complexity index is 778. The van der Waals surface area contributed by atoms with Gasteiger partial charge in [-0.3, -0.25) is 4.79 Å². The molecule has 26 heavy (non-hydrogen) atoms. The van der Waals surface area contributed by atoms with Gasteiger partial charge in [-0.05, 0) is 30.1 Å². The third-order valence-corrected chi connectivity index (χ3v) is 5.67. The summed E-state index contributed by atoms with van der Waals surface area (Å²) in [6.07, 6.45) is 1.75. The van der Waals surface area contributed by atoms with Crippen molar-refractivity contribution in [2.75, 3.05) is 54.1 Å². The van der Waals surface area contributed by atoms with Crippen LogP contribution in [-0.2, 0) is 9.53 Å². The summed E-state index contributed by atoms with van der Waals surface area (Å²) >= 11 is 1.94. The largest absolute Gasteiger partial charge is 0.466 e. The van der Waals surface area contributed by atoms with Crippen LogP contribution in [0, 0.1) is 5.92 Å². The maximum atomic E-state index is 12.2. The van der Waals surface area contributed by atoms with Crippen molar-refractivity contribution in [1.29, 1.82) is 0 Å². The predicted octanol–water partition coefficient (Wildman–Crippen LogP) is 1.35. The molecule has 2 aliphatic rings. The Labute approximate surface area is 155 Å². The van der Waals surface area contributed by atoms with Crippen LogP contribution in [0.15, 0.2) is 4.63 Å². The Balaban J connectivity index is 1.66. The van der Waals surface area contributed by atoms with Gasteiger partial charge in [0.25, 0.3) is 0 Å². The van der Waals surface area contributed by atoms with Gasteiger partial charge in [0.1, 0.15) is 0 Å². The molecule has 1 unspecified atom stereocenters. The summed E-state index contributed by atoms with van der Waals surface area (Å²) in [4.78, 5) is 25.9. The minimum atomic E-state index is -0.138. The number of aromatic nitrogens is 4. The Morgan fingerprint density at radius 2 is 1.85 bits per heavy atom. The van der Waals surface area contributed by atoms with Crippen molar-refractivity contribution in [1.82, 2.24) is 20.3 Å². The molecule has 0 amide bonds. The fourth-order valence-electron chi connectivity index (χ4n) is 3.44. The van der Waals surface area contributed by atoms with E-state index >= 15 is 0 Å². The lowest BCUT2D eigenvalue weighted by Crippen LogP contribution is -2.42. The standard InChI is InChI=1S/C16H22N6O3S/c1-2-24-16(23)11-4-3-5-22(10-11)15-14(21-6-8-26-9-7-21)17-12-13(18-15)20-25-19-12/h11H,2-10H2,1H3. The van der Waals surface area contributed by atoms with Crippen LogP contribution in [0.1, 0.15) is 19.8 Å². The third-order valence-electron chi connectivity index (χ3n) is 4.73. The molecule has 140 valence electrons. The van der Waals surface area contributed by atoms with E-state index in [9.17, 15) is 4.79 Å². The van der Waals surface area contributed by atoms with Crippen molar-refractivity contribution in [3.05, 3.63) is 0 Å². The lowest BCUT2D eigenvalue weighted by atomic mass is 9.98. The Morgan fingerprint density at radius 1 is 1.15 bits per heavy atom. The molecule has 0 aromatic carbocycles. The number of anilines is 2. The van der Waals surface area contributed by atoms with E-state index in [0.717, 1.165) is 55.6 Å². The number of carbonyl (C=O) groups excluding carboxylic acids is 1. The molecule has 4 rings (SSSR count). The van der Waals surface area contributed by atoms with Crippen molar-refractivity contribution < 1.29 is 14.2 Å². The topological polar surface area (TPSA) is 97.5 Å². The van der Waals surface area contributed by atoms with Crippen LogP contribution >= 0.6 is 11.8 Å². The number of esters is 1. The minimum Gasteiger partial charge on any atom is -0.466 e. The highest BCUT2D eigenvalue weighted by Crippen LogP contribution is 2.32. The van der Waals surface area contributed by atoms with Crippen molar-refractivity contribution in [3.8, 4) is 0 Å². The van der Waals surface area contributed by atoms with Gasteiger partial charge in [-0.1, -0.05) is 0 Å². The van der Waals surface area contributed by atoms with Crippen molar-refractivity contribution in [2.45, 2.75) is 19.8 Å². The molecule has 4 heterocycles. The minimum absolute atomic E-state index is 0.134. The zero-order valence-electron chi connectivity index (χ0n) is 14.8. The summed E-state index contributed by atoms with van der Waals surface area (Å²) in [7, 11) is 0. The third kappa shape index (κ3) is 3.42. The van der Waals surface area contributed by atoms with Gasteiger partial charge >= 0.3 is 5.97 Å². The first-order chi connectivity index (χ1) is 12.8. The summed E-state index contributed by atoms with van der Waals surface area (Å²) in [5.41, 5.74) is 0.814. The Hall–Kier alpha value is -2.10. The number of hydrogen-bond donors (Lipinski definition) is 0. The summed E-state index contributed by atoms with van der Waals surface area (Å²) < 4.78 is 10.0. The fraction of sp³-hybridized carbons (Fsp3) is 0.688. The number of rotatable bonds is 4. The Kier molecular flexibility index (Phi) is 5.09. The second-order valence-corrected chi connectivity index (χ2v) is 7.64. The highest BCUT2D eigenvalue weighted by molar-refractivity contribution is 7.99. The summed E-state index contributed by atoms with van der Waals surface area (Å²) in [5, 5.41) is 7.69.